The van der Waals surface area contributed by atoms with Gasteiger partial charge in [0.15, 0.2) is 5.78 Å². The summed E-state index contributed by atoms with van der Waals surface area (Å²) in [4.78, 5) is 13.5. The van der Waals surface area contributed by atoms with Crippen molar-refractivity contribution in [2.45, 2.75) is 24.2 Å². The van der Waals surface area contributed by atoms with Crippen LogP contribution in [0.4, 0.5) is 0 Å². The van der Waals surface area contributed by atoms with Crippen LogP contribution in [-0.2, 0) is 0 Å². The van der Waals surface area contributed by atoms with E-state index in [1.807, 2.05) is 48.7 Å². The molecule has 0 aromatic heterocycles. The number of ketones is 1. The van der Waals surface area contributed by atoms with Gasteiger partial charge in [-0.15, -0.1) is 35.7 Å². The molecule has 1 nitrogen and oxygen atoms in total. The summed E-state index contributed by atoms with van der Waals surface area (Å²) in [5, 5.41) is 0. The van der Waals surface area contributed by atoms with Crippen molar-refractivity contribution in [1.29, 1.82) is 0 Å². The number of thioether (sulfide) groups is 1. The lowest BCUT2D eigenvalue weighted by Crippen LogP contribution is -2.06. The van der Waals surface area contributed by atoms with Gasteiger partial charge in [-0.2, -0.15) is 0 Å². The SMILES string of the molecule is CSc1ccccc1C(=O)CC(C)c1ccccc1.I. The fourth-order valence-corrected chi connectivity index (χ4v) is 2.78. The first-order valence-corrected chi connectivity index (χ1v) is 7.66. The zero-order valence-electron chi connectivity index (χ0n) is 11.7. The first kappa shape index (κ1) is 17.2. The van der Waals surface area contributed by atoms with Crippen LogP contribution in [0.2, 0.25) is 0 Å². The minimum Gasteiger partial charge on any atom is -0.294 e. The number of benzene rings is 2. The average molecular weight is 398 g/mol. The molecule has 0 saturated heterocycles. The molecular weight excluding hydrogens is 379 g/mol. The highest BCUT2D eigenvalue weighted by Crippen LogP contribution is 2.25. The van der Waals surface area contributed by atoms with E-state index in [4.69, 9.17) is 0 Å². The van der Waals surface area contributed by atoms with Crippen molar-refractivity contribution >= 4 is 41.5 Å². The molecule has 106 valence electrons. The molecule has 0 heterocycles. The molecule has 0 amide bonds. The molecule has 1 unspecified atom stereocenters. The van der Waals surface area contributed by atoms with Gasteiger partial charge in [-0.25, -0.2) is 0 Å². The summed E-state index contributed by atoms with van der Waals surface area (Å²) >= 11 is 1.63. The summed E-state index contributed by atoms with van der Waals surface area (Å²) in [6.45, 7) is 2.11. The van der Waals surface area contributed by atoms with E-state index >= 15 is 0 Å². The second-order valence-corrected chi connectivity index (χ2v) is 5.49. The summed E-state index contributed by atoms with van der Waals surface area (Å²) in [5.74, 6) is 0.477. The van der Waals surface area contributed by atoms with E-state index in [1.165, 1.54) is 5.56 Å². The number of halogens is 1. The van der Waals surface area contributed by atoms with Crippen molar-refractivity contribution in [2.75, 3.05) is 6.26 Å². The highest BCUT2D eigenvalue weighted by Gasteiger charge is 2.15. The van der Waals surface area contributed by atoms with Gasteiger partial charge in [0.2, 0.25) is 0 Å². The Bertz CT molecular complexity index is 554. The van der Waals surface area contributed by atoms with Crippen LogP contribution < -0.4 is 0 Å². The highest BCUT2D eigenvalue weighted by atomic mass is 127. The minimum atomic E-state index is 0. The van der Waals surface area contributed by atoms with Gasteiger partial charge in [-0.3, -0.25) is 4.79 Å². The maximum Gasteiger partial charge on any atom is 0.164 e. The summed E-state index contributed by atoms with van der Waals surface area (Å²) < 4.78 is 0. The third-order valence-corrected chi connectivity index (χ3v) is 4.06. The predicted octanol–water partition coefficient (Wildman–Crippen LogP) is 5.40. The van der Waals surface area contributed by atoms with Gasteiger partial charge in [0.05, 0.1) is 0 Å². The standard InChI is InChI=1S/C17H18OS.HI/c1-13(14-8-4-3-5-9-14)12-16(18)15-10-6-7-11-17(15)19-2;/h3-11,13H,12H2,1-2H3;1H. The van der Waals surface area contributed by atoms with Gasteiger partial charge in [0, 0.05) is 16.9 Å². The first-order valence-electron chi connectivity index (χ1n) is 6.43. The van der Waals surface area contributed by atoms with E-state index in [0.717, 1.165) is 10.5 Å². The molecule has 0 fully saturated rings. The molecule has 0 aliphatic rings. The van der Waals surface area contributed by atoms with E-state index in [0.29, 0.717) is 6.42 Å². The van der Waals surface area contributed by atoms with Crippen LogP contribution >= 0.6 is 35.7 Å². The lowest BCUT2D eigenvalue weighted by atomic mass is 9.93. The maximum atomic E-state index is 12.4. The Labute approximate surface area is 142 Å². The normalized spacial score (nSPS) is 11.5. The van der Waals surface area contributed by atoms with Crippen LogP contribution in [0.15, 0.2) is 59.5 Å². The second-order valence-electron chi connectivity index (χ2n) is 4.64. The molecule has 0 spiro atoms. The number of Topliss-reactive ketones (excluding diaryl/α,β-unsaturated/α-hetero) is 1. The molecule has 20 heavy (non-hydrogen) atoms. The Morgan fingerprint density at radius 2 is 1.65 bits per heavy atom. The van der Waals surface area contributed by atoms with Crippen molar-refractivity contribution in [3.05, 3.63) is 65.7 Å². The van der Waals surface area contributed by atoms with Crippen LogP contribution in [0.5, 0.6) is 0 Å². The van der Waals surface area contributed by atoms with Crippen LogP contribution in [0.1, 0.15) is 35.2 Å². The van der Waals surface area contributed by atoms with Crippen LogP contribution in [-0.4, -0.2) is 12.0 Å². The lowest BCUT2D eigenvalue weighted by Gasteiger charge is -2.12. The second kappa shape index (κ2) is 8.47. The van der Waals surface area contributed by atoms with Gasteiger partial charge < -0.3 is 0 Å². The Morgan fingerprint density at radius 3 is 2.30 bits per heavy atom. The summed E-state index contributed by atoms with van der Waals surface area (Å²) in [6, 6.07) is 18.0. The summed E-state index contributed by atoms with van der Waals surface area (Å²) in [7, 11) is 0. The summed E-state index contributed by atoms with van der Waals surface area (Å²) in [6.07, 6.45) is 2.56. The van der Waals surface area contributed by atoms with Crippen LogP contribution in [0, 0.1) is 0 Å². The van der Waals surface area contributed by atoms with Crippen LogP contribution in [0.3, 0.4) is 0 Å². The van der Waals surface area contributed by atoms with Gasteiger partial charge in [-0.05, 0) is 23.8 Å². The van der Waals surface area contributed by atoms with Crippen molar-refractivity contribution in [1.82, 2.24) is 0 Å². The molecule has 0 aliphatic carbocycles. The van der Waals surface area contributed by atoms with E-state index in [9.17, 15) is 4.79 Å². The Kier molecular flexibility index (Phi) is 7.30. The highest BCUT2D eigenvalue weighted by molar-refractivity contribution is 14.0. The maximum absolute atomic E-state index is 12.4. The lowest BCUT2D eigenvalue weighted by molar-refractivity contribution is 0.0973. The number of carbonyl (C=O) groups is 1. The van der Waals surface area contributed by atoms with Gasteiger partial charge >= 0.3 is 0 Å². The molecule has 0 aliphatic heterocycles. The Morgan fingerprint density at radius 1 is 1.05 bits per heavy atom. The third kappa shape index (κ3) is 4.35. The van der Waals surface area contributed by atoms with Crippen molar-refractivity contribution < 1.29 is 4.79 Å². The van der Waals surface area contributed by atoms with E-state index in [2.05, 4.69) is 19.1 Å². The van der Waals surface area contributed by atoms with Crippen molar-refractivity contribution in [3.8, 4) is 0 Å². The molecule has 2 rings (SSSR count). The number of hydrogen-bond acceptors (Lipinski definition) is 2. The third-order valence-electron chi connectivity index (χ3n) is 3.27. The van der Waals surface area contributed by atoms with E-state index < -0.39 is 0 Å². The Balaban J connectivity index is 0.00000200. The molecule has 0 N–H and O–H groups in total. The van der Waals surface area contributed by atoms with Gasteiger partial charge in [0.25, 0.3) is 0 Å². The van der Waals surface area contributed by atoms with Crippen molar-refractivity contribution in [2.24, 2.45) is 0 Å². The monoisotopic (exact) mass is 398 g/mol. The largest absolute Gasteiger partial charge is 0.294 e. The van der Waals surface area contributed by atoms with Gasteiger partial charge in [0.1, 0.15) is 0 Å². The molecule has 3 heteroatoms. The summed E-state index contributed by atoms with van der Waals surface area (Å²) in [5.41, 5.74) is 2.07. The first-order chi connectivity index (χ1) is 9.22. The van der Waals surface area contributed by atoms with Gasteiger partial charge in [-0.1, -0.05) is 55.5 Å². The predicted molar refractivity (Wildman–Crippen MR) is 97.4 cm³/mol. The quantitative estimate of drug-likeness (QED) is 0.381. The van der Waals surface area contributed by atoms with E-state index in [-0.39, 0.29) is 35.7 Å². The van der Waals surface area contributed by atoms with Crippen molar-refractivity contribution in [3.63, 3.8) is 0 Å². The average Bonchev–Trinajstić information content (AvgIpc) is 2.48. The smallest absolute Gasteiger partial charge is 0.164 e. The fourth-order valence-electron chi connectivity index (χ4n) is 2.16. The fraction of sp³-hybridized carbons (Fsp3) is 0.235. The minimum absolute atomic E-state index is 0. The number of carbonyl (C=O) groups excluding carboxylic acids is 1. The van der Waals surface area contributed by atoms with Crippen LogP contribution in [0.25, 0.3) is 0 Å². The topological polar surface area (TPSA) is 17.1 Å². The molecule has 0 bridgehead atoms. The zero-order chi connectivity index (χ0) is 13.7. The van der Waals surface area contributed by atoms with E-state index in [1.54, 1.807) is 11.8 Å². The Hall–Kier alpha value is -0.810. The number of rotatable bonds is 5. The molecule has 2 aromatic rings. The molecule has 1 atom stereocenters. The molecule has 2 aromatic carbocycles. The number of hydrogen-bond donors (Lipinski definition) is 0. The molecule has 0 radical (unpaired) electrons. The molecular formula is C17H19IOS. The molecule has 0 saturated carbocycles. The zero-order valence-corrected chi connectivity index (χ0v) is 14.9.